The molecule has 0 saturated carbocycles. The molecule has 0 atom stereocenters. The van der Waals surface area contributed by atoms with Crippen molar-refractivity contribution in [2.45, 2.75) is 22.5 Å². The average molecular weight is 424 g/mol. The van der Waals surface area contributed by atoms with Crippen LogP contribution in [-0.2, 0) is 22.6 Å². The number of amides is 2. The first kappa shape index (κ1) is 20.4. The predicted octanol–water partition coefficient (Wildman–Crippen LogP) is 3.58. The van der Waals surface area contributed by atoms with Crippen LogP contribution in [0.4, 0.5) is 23.7 Å². The number of sulfone groups is 1. The van der Waals surface area contributed by atoms with Crippen LogP contribution in [0.5, 0.6) is 0 Å². The van der Waals surface area contributed by atoms with Crippen molar-refractivity contribution in [2.75, 3.05) is 5.32 Å². The zero-order chi connectivity index (χ0) is 21.1. The maximum absolute atomic E-state index is 12.8. The lowest BCUT2D eigenvalue weighted by Crippen LogP contribution is -2.28. The van der Waals surface area contributed by atoms with Gasteiger partial charge in [-0.3, -0.25) is 5.10 Å². The van der Waals surface area contributed by atoms with Gasteiger partial charge in [0, 0.05) is 24.0 Å². The van der Waals surface area contributed by atoms with E-state index in [0.717, 1.165) is 23.8 Å². The molecule has 1 aromatic heterocycles. The summed E-state index contributed by atoms with van der Waals surface area (Å²) in [4.78, 5) is 11.2. The van der Waals surface area contributed by atoms with Crippen LogP contribution in [0.1, 0.15) is 11.1 Å². The Hall–Kier alpha value is -3.34. The van der Waals surface area contributed by atoms with E-state index in [1.165, 1.54) is 24.3 Å². The molecule has 0 fully saturated rings. The SMILES string of the molecule is O=C(NCc1cn[nH]c1)Nc1ccc(S(=O)(=O)c2cccc(C(F)(F)F)c2)cc1. The molecule has 0 spiro atoms. The highest BCUT2D eigenvalue weighted by Crippen LogP contribution is 2.32. The van der Waals surface area contributed by atoms with Gasteiger partial charge in [-0.2, -0.15) is 18.3 Å². The Balaban J connectivity index is 1.71. The Morgan fingerprint density at radius 2 is 1.79 bits per heavy atom. The molecule has 0 saturated heterocycles. The first-order chi connectivity index (χ1) is 13.7. The lowest BCUT2D eigenvalue weighted by molar-refractivity contribution is -0.137. The van der Waals surface area contributed by atoms with E-state index in [2.05, 4.69) is 20.8 Å². The maximum atomic E-state index is 12.8. The molecular weight excluding hydrogens is 409 g/mol. The van der Waals surface area contributed by atoms with Gasteiger partial charge in [0.15, 0.2) is 0 Å². The van der Waals surface area contributed by atoms with Gasteiger partial charge in [-0.15, -0.1) is 0 Å². The number of hydrogen-bond donors (Lipinski definition) is 3. The van der Waals surface area contributed by atoms with Crippen molar-refractivity contribution in [3.63, 3.8) is 0 Å². The summed E-state index contributed by atoms with van der Waals surface area (Å²) in [5, 5.41) is 11.5. The van der Waals surface area contributed by atoms with Gasteiger partial charge >= 0.3 is 12.2 Å². The first-order valence-corrected chi connectivity index (χ1v) is 9.69. The number of aromatic amines is 1. The fourth-order valence-electron chi connectivity index (χ4n) is 2.43. The van der Waals surface area contributed by atoms with Crippen LogP contribution in [0, 0.1) is 0 Å². The molecule has 3 aromatic rings. The molecule has 0 aliphatic carbocycles. The van der Waals surface area contributed by atoms with Gasteiger partial charge in [0.05, 0.1) is 21.6 Å². The van der Waals surface area contributed by atoms with E-state index in [9.17, 15) is 26.4 Å². The third-order valence-corrected chi connectivity index (χ3v) is 5.67. The molecule has 0 bridgehead atoms. The van der Waals surface area contributed by atoms with Crippen LogP contribution < -0.4 is 10.6 Å². The molecule has 0 radical (unpaired) electrons. The number of alkyl halides is 3. The minimum atomic E-state index is -4.65. The quantitative estimate of drug-likeness (QED) is 0.582. The molecule has 3 N–H and O–H groups in total. The molecule has 1 heterocycles. The standard InChI is InChI=1S/C18H15F3N4O3S/c19-18(20,21)13-2-1-3-16(8-13)29(27,28)15-6-4-14(5-7-15)25-17(26)22-9-12-10-23-24-11-12/h1-8,10-11H,9H2,(H,23,24)(H2,22,25,26). The topological polar surface area (TPSA) is 104 Å². The monoisotopic (exact) mass is 424 g/mol. The minimum absolute atomic E-state index is 0.193. The van der Waals surface area contributed by atoms with Crippen molar-refractivity contribution in [1.29, 1.82) is 0 Å². The largest absolute Gasteiger partial charge is 0.416 e. The zero-order valence-corrected chi connectivity index (χ0v) is 15.5. The number of aromatic nitrogens is 2. The van der Waals surface area contributed by atoms with Crippen molar-refractivity contribution >= 4 is 21.6 Å². The van der Waals surface area contributed by atoms with Gasteiger partial charge in [-0.25, -0.2) is 13.2 Å². The highest BCUT2D eigenvalue weighted by atomic mass is 32.2. The van der Waals surface area contributed by atoms with Crippen molar-refractivity contribution in [2.24, 2.45) is 0 Å². The van der Waals surface area contributed by atoms with Gasteiger partial charge < -0.3 is 10.6 Å². The zero-order valence-electron chi connectivity index (χ0n) is 14.7. The summed E-state index contributed by atoms with van der Waals surface area (Å²) in [5.74, 6) is 0. The van der Waals surface area contributed by atoms with E-state index in [1.54, 1.807) is 12.4 Å². The smallest absolute Gasteiger partial charge is 0.334 e. The summed E-state index contributed by atoms with van der Waals surface area (Å²) in [6.07, 6.45) is -1.48. The molecule has 0 unspecified atom stereocenters. The summed E-state index contributed by atoms with van der Waals surface area (Å²) in [6, 6.07) is 8.12. The maximum Gasteiger partial charge on any atom is 0.416 e. The van der Waals surface area contributed by atoms with Crippen LogP contribution in [0.3, 0.4) is 0 Å². The third kappa shape index (κ3) is 4.93. The van der Waals surface area contributed by atoms with Gasteiger partial charge in [-0.05, 0) is 42.5 Å². The Kier molecular flexibility index (Phi) is 5.59. The van der Waals surface area contributed by atoms with E-state index in [4.69, 9.17) is 0 Å². The Morgan fingerprint density at radius 1 is 1.07 bits per heavy atom. The summed E-state index contributed by atoms with van der Waals surface area (Å²) in [5.41, 5.74) is 0.0338. The molecular formula is C18H15F3N4O3S. The molecule has 2 aromatic carbocycles. The molecule has 152 valence electrons. The fraction of sp³-hybridized carbons (Fsp3) is 0.111. The van der Waals surface area contributed by atoms with Gasteiger partial charge in [0.25, 0.3) is 0 Å². The number of anilines is 1. The highest BCUT2D eigenvalue weighted by molar-refractivity contribution is 7.91. The number of halogens is 3. The molecule has 0 aliphatic heterocycles. The van der Waals surface area contributed by atoms with Crippen LogP contribution in [-0.4, -0.2) is 24.6 Å². The van der Waals surface area contributed by atoms with E-state index in [0.29, 0.717) is 11.8 Å². The van der Waals surface area contributed by atoms with Gasteiger partial charge in [0.1, 0.15) is 0 Å². The third-order valence-electron chi connectivity index (χ3n) is 3.90. The highest BCUT2D eigenvalue weighted by Gasteiger charge is 2.32. The Labute approximate surface area is 163 Å². The van der Waals surface area contributed by atoms with Gasteiger partial charge in [0.2, 0.25) is 9.84 Å². The summed E-state index contributed by atoms with van der Waals surface area (Å²) in [6.45, 7) is 0.240. The minimum Gasteiger partial charge on any atom is -0.334 e. The van der Waals surface area contributed by atoms with Crippen LogP contribution >= 0.6 is 0 Å². The van der Waals surface area contributed by atoms with Gasteiger partial charge in [-0.1, -0.05) is 6.07 Å². The normalized spacial score (nSPS) is 11.8. The number of hydrogen-bond acceptors (Lipinski definition) is 4. The Bertz CT molecular complexity index is 1100. The van der Waals surface area contributed by atoms with Crippen molar-refractivity contribution in [3.8, 4) is 0 Å². The molecule has 2 amide bonds. The second-order valence-electron chi connectivity index (χ2n) is 5.97. The number of carbonyl (C=O) groups is 1. The van der Waals surface area contributed by atoms with Crippen LogP contribution in [0.2, 0.25) is 0 Å². The number of rotatable bonds is 5. The molecule has 11 heteroatoms. The van der Waals surface area contributed by atoms with E-state index < -0.39 is 32.5 Å². The lowest BCUT2D eigenvalue weighted by atomic mass is 10.2. The fourth-order valence-corrected chi connectivity index (χ4v) is 3.73. The van der Waals surface area contributed by atoms with Crippen LogP contribution in [0.15, 0.2) is 70.7 Å². The second-order valence-corrected chi connectivity index (χ2v) is 7.92. The predicted molar refractivity (Wildman–Crippen MR) is 97.8 cm³/mol. The van der Waals surface area contributed by atoms with Crippen molar-refractivity contribution in [3.05, 3.63) is 72.1 Å². The molecule has 7 nitrogen and oxygen atoms in total. The number of nitrogens with zero attached hydrogens (tertiary/aromatic N) is 1. The summed E-state index contributed by atoms with van der Waals surface area (Å²) >= 11 is 0. The summed E-state index contributed by atoms with van der Waals surface area (Å²) in [7, 11) is -4.15. The van der Waals surface area contributed by atoms with E-state index in [1.807, 2.05) is 0 Å². The number of benzene rings is 2. The van der Waals surface area contributed by atoms with E-state index >= 15 is 0 Å². The van der Waals surface area contributed by atoms with Crippen molar-refractivity contribution in [1.82, 2.24) is 15.5 Å². The Morgan fingerprint density at radius 3 is 2.41 bits per heavy atom. The second kappa shape index (κ2) is 7.95. The van der Waals surface area contributed by atoms with E-state index in [-0.39, 0.29) is 11.4 Å². The lowest BCUT2D eigenvalue weighted by Gasteiger charge is -2.10. The molecule has 29 heavy (non-hydrogen) atoms. The van der Waals surface area contributed by atoms with Crippen LogP contribution in [0.25, 0.3) is 0 Å². The number of carbonyl (C=O) groups excluding carboxylic acids is 1. The van der Waals surface area contributed by atoms with Crippen molar-refractivity contribution < 1.29 is 26.4 Å². The average Bonchev–Trinajstić information content (AvgIpc) is 3.20. The first-order valence-electron chi connectivity index (χ1n) is 8.21. The number of urea groups is 1. The number of nitrogens with one attached hydrogen (secondary N) is 3. The molecule has 0 aliphatic rings. The number of H-pyrrole nitrogens is 1. The molecule has 3 rings (SSSR count). The summed E-state index contributed by atoms with van der Waals surface area (Å²) < 4.78 is 63.7.